The number of ether oxygens (including phenoxy) is 1. The average molecular weight is 279 g/mol. The molecule has 1 aromatic rings. The molecule has 4 nitrogen and oxygen atoms in total. The summed E-state index contributed by atoms with van der Waals surface area (Å²) in [5.41, 5.74) is 1.66. The van der Waals surface area contributed by atoms with Gasteiger partial charge in [0.25, 0.3) is 0 Å². The summed E-state index contributed by atoms with van der Waals surface area (Å²) >= 11 is 1.11. The molecule has 0 amide bonds. The van der Waals surface area contributed by atoms with Crippen LogP contribution in [-0.4, -0.2) is 17.7 Å². The Labute approximate surface area is 117 Å². The topological polar surface area (TPSA) is 70.3 Å². The third kappa shape index (κ3) is 4.18. The van der Waals surface area contributed by atoms with Crippen LogP contribution < -0.4 is 4.74 Å². The molecule has 0 aliphatic carbocycles. The van der Waals surface area contributed by atoms with E-state index in [1.54, 1.807) is 0 Å². The molecule has 19 heavy (non-hydrogen) atoms. The van der Waals surface area contributed by atoms with Crippen molar-refractivity contribution in [2.75, 3.05) is 6.61 Å². The summed E-state index contributed by atoms with van der Waals surface area (Å²) < 4.78 is 5.28. The van der Waals surface area contributed by atoms with Gasteiger partial charge in [-0.05, 0) is 47.4 Å². The van der Waals surface area contributed by atoms with Crippen LogP contribution in [0.15, 0.2) is 17.0 Å². The van der Waals surface area contributed by atoms with E-state index >= 15 is 0 Å². The lowest BCUT2D eigenvalue weighted by atomic mass is 9.86. The van der Waals surface area contributed by atoms with Crippen LogP contribution in [0.1, 0.15) is 31.9 Å². The predicted octanol–water partition coefficient (Wildman–Crippen LogP) is 3.33. The number of nitriles is 1. The van der Waals surface area contributed by atoms with Crippen molar-refractivity contribution in [2.45, 2.75) is 38.0 Å². The maximum absolute atomic E-state index is 10.6. The van der Waals surface area contributed by atoms with E-state index in [2.05, 4.69) is 5.40 Å². The summed E-state index contributed by atoms with van der Waals surface area (Å²) in [6.07, 6.45) is 0. The number of carbonyl (C=O) groups is 1. The second-order valence-electron chi connectivity index (χ2n) is 5.24. The number of hydrogen-bond donors (Lipinski definition) is 1. The predicted molar refractivity (Wildman–Crippen MR) is 74.5 cm³/mol. The number of aryl methyl sites for hydroxylation is 1. The highest BCUT2D eigenvalue weighted by atomic mass is 32.2. The molecule has 0 aliphatic rings. The fourth-order valence-electron chi connectivity index (χ4n) is 1.68. The van der Waals surface area contributed by atoms with Gasteiger partial charge in [-0.3, -0.25) is 0 Å². The highest BCUT2D eigenvalue weighted by Crippen LogP contribution is 2.36. The number of benzene rings is 1. The van der Waals surface area contributed by atoms with Crippen LogP contribution in [0.5, 0.6) is 5.75 Å². The molecule has 0 aliphatic heterocycles. The Morgan fingerprint density at radius 2 is 2.11 bits per heavy atom. The van der Waals surface area contributed by atoms with Gasteiger partial charge in [0.15, 0.2) is 6.61 Å². The van der Waals surface area contributed by atoms with Gasteiger partial charge in [0.2, 0.25) is 0 Å². The number of thioether (sulfide) groups is 1. The van der Waals surface area contributed by atoms with E-state index in [0.717, 1.165) is 27.8 Å². The van der Waals surface area contributed by atoms with E-state index < -0.39 is 5.97 Å². The molecule has 0 fully saturated rings. The molecule has 1 N–H and O–H groups in total. The molecule has 5 heteroatoms. The van der Waals surface area contributed by atoms with Crippen molar-refractivity contribution in [3.8, 4) is 11.2 Å². The molecule has 0 saturated carbocycles. The zero-order chi connectivity index (χ0) is 14.6. The van der Waals surface area contributed by atoms with Gasteiger partial charge in [-0.25, -0.2) is 4.79 Å². The Morgan fingerprint density at radius 1 is 1.47 bits per heavy atom. The summed E-state index contributed by atoms with van der Waals surface area (Å²) in [7, 11) is 0. The Morgan fingerprint density at radius 3 is 2.58 bits per heavy atom. The fraction of sp³-hybridized carbons (Fsp3) is 0.429. The second kappa shape index (κ2) is 5.98. The summed E-state index contributed by atoms with van der Waals surface area (Å²) in [6, 6.07) is 3.70. The number of carboxylic acids is 1. The second-order valence-corrected chi connectivity index (χ2v) is 6.07. The minimum Gasteiger partial charge on any atom is -0.482 e. The van der Waals surface area contributed by atoms with E-state index in [1.807, 2.05) is 39.8 Å². The monoisotopic (exact) mass is 279 g/mol. The summed E-state index contributed by atoms with van der Waals surface area (Å²) in [6.45, 7) is 7.60. The molecule has 0 unspecified atom stereocenters. The van der Waals surface area contributed by atoms with E-state index in [-0.39, 0.29) is 12.0 Å². The lowest BCUT2D eigenvalue weighted by Gasteiger charge is -2.23. The third-order valence-electron chi connectivity index (χ3n) is 2.59. The molecule has 0 heterocycles. The first-order valence-corrected chi connectivity index (χ1v) is 6.63. The Hall–Kier alpha value is -1.67. The Kier molecular flexibility index (Phi) is 4.84. The van der Waals surface area contributed by atoms with E-state index in [1.165, 1.54) is 0 Å². The summed E-state index contributed by atoms with van der Waals surface area (Å²) in [4.78, 5) is 11.4. The zero-order valence-electron chi connectivity index (χ0n) is 11.5. The lowest BCUT2D eigenvalue weighted by Crippen LogP contribution is -2.15. The van der Waals surface area contributed by atoms with Crippen molar-refractivity contribution in [1.29, 1.82) is 5.26 Å². The first kappa shape index (κ1) is 15.4. The van der Waals surface area contributed by atoms with Gasteiger partial charge >= 0.3 is 5.97 Å². The van der Waals surface area contributed by atoms with Crippen LogP contribution in [0.2, 0.25) is 0 Å². The Bertz CT molecular complexity index is 527. The molecule has 0 bridgehead atoms. The minimum atomic E-state index is -1.01. The molecule has 0 spiro atoms. The molecule has 102 valence electrons. The van der Waals surface area contributed by atoms with Crippen LogP contribution in [0.4, 0.5) is 0 Å². The molecule has 0 saturated heterocycles. The normalized spacial score (nSPS) is 10.9. The van der Waals surface area contributed by atoms with Crippen molar-refractivity contribution in [3.63, 3.8) is 0 Å². The maximum atomic E-state index is 10.6. The van der Waals surface area contributed by atoms with Gasteiger partial charge in [0.05, 0.1) is 0 Å². The first-order valence-electron chi connectivity index (χ1n) is 5.81. The lowest BCUT2D eigenvalue weighted by molar-refractivity contribution is -0.139. The van der Waals surface area contributed by atoms with Gasteiger partial charge in [-0.15, -0.1) is 0 Å². The van der Waals surface area contributed by atoms with Crippen LogP contribution >= 0.6 is 11.8 Å². The average Bonchev–Trinajstić information content (AvgIpc) is 2.26. The molecule has 1 rings (SSSR count). The largest absolute Gasteiger partial charge is 0.482 e. The third-order valence-corrected chi connectivity index (χ3v) is 3.24. The number of hydrogen-bond acceptors (Lipinski definition) is 4. The number of carboxylic acid groups (broad SMARTS) is 1. The minimum absolute atomic E-state index is 0.145. The summed E-state index contributed by atoms with van der Waals surface area (Å²) in [5.74, 6) is -0.457. The van der Waals surface area contributed by atoms with Crippen molar-refractivity contribution >= 4 is 17.7 Å². The number of aliphatic carboxylic acids is 1. The van der Waals surface area contributed by atoms with Gasteiger partial charge in [0.1, 0.15) is 11.2 Å². The van der Waals surface area contributed by atoms with Crippen LogP contribution in [-0.2, 0) is 10.2 Å². The maximum Gasteiger partial charge on any atom is 0.341 e. The highest BCUT2D eigenvalue weighted by Gasteiger charge is 2.21. The van der Waals surface area contributed by atoms with Gasteiger partial charge in [0, 0.05) is 4.90 Å². The number of rotatable bonds is 4. The van der Waals surface area contributed by atoms with Crippen LogP contribution in [0, 0.1) is 17.6 Å². The molecular formula is C14H17NO3S. The van der Waals surface area contributed by atoms with Gasteiger partial charge in [-0.2, -0.15) is 5.26 Å². The molecule has 0 aromatic heterocycles. The smallest absolute Gasteiger partial charge is 0.341 e. The number of nitrogens with zero attached hydrogens (tertiary/aromatic N) is 1. The van der Waals surface area contributed by atoms with Gasteiger partial charge in [-0.1, -0.05) is 20.8 Å². The van der Waals surface area contributed by atoms with E-state index in [4.69, 9.17) is 15.1 Å². The standard InChI is InChI=1S/C14H17NO3S/c1-9-5-12(19-8-15)10(14(2,3)4)6-11(9)18-7-13(16)17/h5-6H,7H2,1-4H3,(H,16,17). The van der Waals surface area contributed by atoms with Gasteiger partial charge < -0.3 is 9.84 Å². The SMILES string of the molecule is Cc1cc(SC#N)c(C(C)(C)C)cc1OCC(=O)O. The Balaban J connectivity index is 3.22. The van der Waals surface area contributed by atoms with Crippen molar-refractivity contribution in [2.24, 2.45) is 0 Å². The molecule has 0 radical (unpaired) electrons. The van der Waals surface area contributed by atoms with Crippen LogP contribution in [0.3, 0.4) is 0 Å². The van der Waals surface area contributed by atoms with Crippen LogP contribution in [0.25, 0.3) is 0 Å². The highest BCUT2D eigenvalue weighted by molar-refractivity contribution is 8.03. The van der Waals surface area contributed by atoms with E-state index in [0.29, 0.717) is 5.75 Å². The van der Waals surface area contributed by atoms with Crippen molar-refractivity contribution in [3.05, 3.63) is 23.3 Å². The molecule has 1 aromatic carbocycles. The first-order chi connectivity index (χ1) is 8.75. The molecule has 0 atom stereocenters. The van der Waals surface area contributed by atoms with Crippen molar-refractivity contribution in [1.82, 2.24) is 0 Å². The van der Waals surface area contributed by atoms with E-state index in [9.17, 15) is 4.79 Å². The quantitative estimate of drug-likeness (QED) is 0.676. The fourth-order valence-corrected chi connectivity index (χ4v) is 2.49. The van der Waals surface area contributed by atoms with Crippen molar-refractivity contribution < 1.29 is 14.6 Å². The number of thiocyanates is 1. The molecular weight excluding hydrogens is 262 g/mol. The zero-order valence-corrected chi connectivity index (χ0v) is 12.3. The summed E-state index contributed by atoms with van der Waals surface area (Å²) in [5, 5.41) is 19.6.